The van der Waals surface area contributed by atoms with Gasteiger partial charge in [-0.2, -0.15) is 0 Å². The molecule has 0 fully saturated rings. The molecule has 0 aliphatic rings. The molecule has 0 saturated carbocycles. The molecule has 6 heteroatoms. The summed E-state index contributed by atoms with van der Waals surface area (Å²) in [5.41, 5.74) is 12.0. The minimum atomic E-state index is -0.692. The number of hydrogen-bond acceptors (Lipinski definition) is 3. The molecule has 0 spiro atoms. The van der Waals surface area contributed by atoms with Crippen molar-refractivity contribution < 1.29 is 9.59 Å². The summed E-state index contributed by atoms with van der Waals surface area (Å²) in [6.07, 6.45) is 0. The van der Waals surface area contributed by atoms with Crippen LogP contribution in [0.5, 0.6) is 0 Å². The van der Waals surface area contributed by atoms with Crippen LogP contribution in [-0.2, 0) is 9.59 Å². The minimum absolute atomic E-state index is 0. The fourth-order valence-electron chi connectivity index (χ4n) is 1.54. The van der Waals surface area contributed by atoms with Crippen molar-refractivity contribution in [1.82, 2.24) is 5.32 Å². The summed E-state index contributed by atoms with van der Waals surface area (Å²) in [6.45, 7) is 3.27. The molecule has 0 saturated heterocycles. The van der Waals surface area contributed by atoms with Gasteiger partial charge in [0, 0.05) is 6.04 Å². The standard InChI is InChI=1S/C13H19N3O2.ClH/c1-8(13(18)16-9(2)12(15)17)11(14)10-6-4-3-5-7-10;/h3-9,11H,14H2,1-2H3,(H2,15,17)(H,16,18);1H/t8?,9-,11?;/m0./s1. The second kappa shape index (κ2) is 7.76. The topological polar surface area (TPSA) is 98.2 Å². The monoisotopic (exact) mass is 285 g/mol. The zero-order valence-corrected chi connectivity index (χ0v) is 11.8. The van der Waals surface area contributed by atoms with Crippen LogP contribution in [0.1, 0.15) is 25.5 Å². The third-order valence-electron chi connectivity index (χ3n) is 2.92. The number of halogens is 1. The molecule has 19 heavy (non-hydrogen) atoms. The van der Waals surface area contributed by atoms with Gasteiger partial charge < -0.3 is 16.8 Å². The average molecular weight is 286 g/mol. The van der Waals surface area contributed by atoms with E-state index in [1.165, 1.54) is 0 Å². The van der Waals surface area contributed by atoms with E-state index in [-0.39, 0.29) is 18.3 Å². The summed E-state index contributed by atoms with van der Waals surface area (Å²) in [7, 11) is 0. The van der Waals surface area contributed by atoms with Crippen LogP contribution in [0.15, 0.2) is 30.3 Å². The number of primary amides is 1. The lowest BCUT2D eigenvalue weighted by atomic mass is 9.94. The van der Waals surface area contributed by atoms with E-state index in [9.17, 15) is 9.59 Å². The third kappa shape index (κ3) is 4.89. The number of carbonyl (C=O) groups is 2. The number of benzene rings is 1. The Balaban J connectivity index is 0.00000324. The summed E-state index contributed by atoms with van der Waals surface area (Å²) in [4.78, 5) is 22.7. The van der Waals surface area contributed by atoms with Crippen molar-refractivity contribution >= 4 is 24.2 Å². The Hall–Kier alpha value is -1.59. The van der Waals surface area contributed by atoms with Crippen molar-refractivity contribution in [2.45, 2.75) is 25.9 Å². The SMILES string of the molecule is CC(C(=O)N[C@@H](C)C(N)=O)C(N)c1ccccc1.Cl. The normalized spacial score (nSPS) is 14.7. The van der Waals surface area contributed by atoms with Crippen LogP contribution in [-0.4, -0.2) is 17.9 Å². The average Bonchev–Trinajstić information content (AvgIpc) is 2.37. The van der Waals surface area contributed by atoms with Gasteiger partial charge >= 0.3 is 0 Å². The molecule has 0 bridgehead atoms. The largest absolute Gasteiger partial charge is 0.368 e. The molecule has 5 nitrogen and oxygen atoms in total. The summed E-state index contributed by atoms with van der Waals surface area (Å²) >= 11 is 0. The minimum Gasteiger partial charge on any atom is -0.368 e. The van der Waals surface area contributed by atoms with Crippen LogP contribution < -0.4 is 16.8 Å². The van der Waals surface area contributed by atoms with E-state index < -0.39 is 23.9 Å². The van der Waals surface area contributed by atoms with Gasteiger partial charge in [-0.1, -0.05) is 37.3 Å². The van der Waals surface area contributed by atoms with E-state index in [0.717, 1.165) is 5.56 Å². The van der Waals surface area contributed by atoms with Crippen molar-refractivity contribution in [3.8, 4) is 0 Å². The van der Waals surface area contributed by atoms with Gasteiger partial charge in [0.1, 0.15) is 6.04 Å². The van der Waals surface area contributed by atoms with Crippen LogP contribution in [0, 0.1) is 5.92 Å². The summed E-state index contributed by atoms with van der Waals surface area (Å²) < 4.78 is 0. The first-order chi connectivity index (χ1) is 8.43. The highest BCUT2D eigenvalue weighted by molar-refractivity contribution is 5.87. The Bertz CT molecular complexity index is 425. The fraction of sp³-hybridized carbons (Fsp3) is 0.385. The maximum atomic E-state index is 11.9. The van der Waals surface area contributed by atoms with Crippen molar-refractivity contribution in [2.24, 2.45) is 17.4 Å². The first-order valence-corrected chi connectivity index (χ1v) is 5.83. The summed E-state index contributed by atoms with van der Waals surface area (Å²) in [6, 6.07) is 8.25. The quantitative estimate of drug-likeness (QED) is 0.744. The predicted molar refractivity (Wildman–Crippen MR) is 76.6 cm³/mol. The number of carbonyl (C=O) groups excluding carboxylic acids is 2. The van der Waals surface area contributed by atoms with Crippen LogP contribution >= 0.6 is 12.4 Å². The maximum Gasteiger partial charge on any atom is 0.239 e. The Morgan fingerprint density at radius 3 is 2.16 bits per heavy atom. The molecule has 2 amide bonds. The predicted octanol–water partition coefficient (Wildman–Crippen LogP) is 0.734. The van der Waals surface area contributed by atoms with Gasteiger partial charge in [0.15, 0.2) is 0 Å². The molecule has 1 aromatic rings. The Morgan fingerprint density at radius 2 is 1.68 bits per heavy atom. The molecular weight excluding hydrogens is 266 g/mol. The van der Waals surface area contributed by atoms with E-state index in [2.05, 4.69) is 5.32 Å². The van der Waals surface area contributed by atoms with E-state index in [1.54, 1.807) is 13.8 Å². The van der Waals surface area contributed by atoms with Crippen molar-refractivity contribution in [1.29, 1.82) is 0 Å². The molecule has 0 radical (unpaired) electrons. The van der Waals surface area contributed by atoms with E-state index >= 15 is 0 Å². The Morgan fingerprint density at radius 1 is 1.16 bits per heavy atom. The smallest absolute Gasteiger partial charge is 0.239 e. The van der Waals surface area contributed by atoms with E-state index in [4.69, 9.17) is 11.5 Å². The molecular formula is C13H20ClN3O2. The summed E-state index contributed by atoms with van der Waals surface area (Å²) in [5.74, 6) is -1.28. The lowest BCUT2D eigenvalue weighted by Gasteiger charge is -2.21. The molecule has 1 aromatic carbocycles. The number of amides is 2. The zero-order valence-electron chi connectivity index (χ0n) is 11.0. The molecule has 106 valence electrons. The van der Waals surface area contributed by atoms with Crippen molar-refractivity contribution in [3.05, 3.63) is 35.9 Å². The Labute approximate surface area is 119 Å². The van der Waals surface area contributed by atoms with Gasteiger partial charge in [-0.25, -0.2) is 0 Å². The van der Waals surface area contributed by atoms with Crippen LogP contribution in [0.3, 0.4) is 0 Å². The van der Waals surface area contributed by atoms with Gasteiger partial charge in [-0.15, -0.1) is 12.4 Å². The number of nitrogens with one attached hydrogen (secondary N) is 1. The molecule has 5 N–H and O–H groups in total. The van der Waals surface area contributed by atoms with Crippen LogP contribution in [0.25, 0.3) is 0 Å². The second-order valence-corrected chi connectivity index (χ2v) is 4.36. The highest BCUT2D eigenvalue weighted by atomic mass is 35.5. The van der Waals surface area contributed by atoms with E-state index in [0.29, 0.717) is 0 Å². The maximum absolute atomic E-state index is 11.9. The van der Waals surface area contributed by atoms with Crippen LogP contribution in [0.4, 0.5) is 0 Å². The number of nitrogens with two attached hydrogens (primary N) is 2. The molecule has 2 unspecified atom stereocenters. The first-order valence-electron chi connectivity index (χ1n) is 5.83. The van der Waals surface area contributed by atoms with Crippen LogP contribution in [0.2, 0.25) is 0 Å². The lowest BCUT2D eigenvalue weighted by molar-refractivity contribution is -0.129. The third-order valence-corrected chi connectivity index (χ3v) is 2.92. The first kappa shape index (κ1) is 17.4. The van der Waals surface area contributed by atoms with Crippen molar-refractivity contribution in [2.75, 3.05) is 0 Å². The zero-order chi connectivity index (χ0) is 13.7. The molecule has 0 heterocycles. The molecule has 3 atom stereocenters. The van der Waals surface area contributed by atoms with Gasteiger partial charge in [0.25, 0.3) is 0 Å². The van der Waals surface area contributed by atoms with Gasteiger partial charge in [0.2, 0.25) is 11.8 Å². The van der Waals surface area contributed by atoms with Gasteiger partial charge in [-0.3, -0.25) is 9.59 Å². The summed E-state index contributed by atoms with van der Waals surface area (Å²) in [5, 5.41) is 2.54. The number of hydrogen-bond donors (Lipinski definition) is 3. The lowest BCUT2D eigenvalue weighted by Crippen LogP contribution is -2.46. The van der Waals surface area contributed by atoms with Gasteiger partial charge in [0.05, 0.1) is 5.92 Å². The van der Waals surface area contributed by atoms with E-state index in [1.807, 2.05) is 30.3 Å². The molecule has 0 aromatic heterocycles. The molecule has 0 aliphatic heterocycles. The number of rotatable bonds is 5. The Kier molecular flexibility index (Phi) is 7.11. The van der Waals surface area contributed by atoms with Crippen molar-refractivity contribution in [3.63, 3.8) is 0 Å². The molecule has 1 rings (SSSR count). The van der Waals surface area contributed by atoms with Gasteiger partial charge in [-0.05, 0) is 12.5 Å². The highest BCUT2D eigenvalue weighted by Crippen LogP contribution is 2.19. The second-order valence-electron chi connectivity index (χ2n) is 4.36. The fourth-order valence-corrected chi connectivity index (χ4v) is 1.54. The highest BCUT2D eigenvalue weighted by Gasteiger charge is 2.24. The molecule has 0 aliphatic carbocycles.